The van der Waals surface area contributed by atoms with Crippen molar-refractivity contribution in [3.63, 3.8) is 0 Å². The minimum absolute atomic E-state index is 0.0391. The smallest absolute Gasteiger partial charge is 0.303 e. The lowest BCUT2D eigenvalue weighted by Crippen LogP contribution is -2.51. The molecule has 7 atom stereocenters. The van der Waals surface area contributed by atoms with E-state index in [4.69, 9.17) is 18.6 Å². The number of ether oxygens (including phenoxy) is 3. The third kappa shape index (κ3) is 4.35. The van der Waals surface area contributed by atoms with Crippen LogP contribution in [-0.4, -0.2) is 45.0 Å². The van der Waals surface area contributed by atoms with Crippen LogP contribution in [0.2, 0.25) is 18.1 Å². The molecule has 0 unspecified atom stereocenters. The van der Waals surface area contributed by atoms with E-state index in [1.54, 1.807) is 0 Å². The van der Waals surface area contributed by atoms with Crippen molar-refractivity contribution >= 4 is 14.3 Å². The molecule has 0 aromatic rings. The third-order valence-corrected chi connectivity index (χ3v) is 10.9. The topological polar surface area (TPSA) is 54.0 Å². The van der Waals surface area contributed by atoms with Crippen LogP contribution in [0.5, 0.6) is 0 Å². The highest BCUT2D eigenvalue weighted by Crippen LogP contribution is 2.43. The molecule has 0 aromatic carbocycles. The molecule has 28 heavy (non-hydrogen) atoms. The molecular weight excluding hydrogens is 372 g/mol. The quantitative estimate of drug-likeness (QED) is 0.394. The van der Waals surface area contributed by atoms with Crippen LogP contribution in [0, 0.1) is 11.8 Å². The van der Waals surface area contributed by atoms with Gasteiger partial charge in [-0.2, -0.15) is 0 Å². The van der Waals surface area contributed by atoms with E-state index in [0.29, 0.717) is 0 Å². The van der Waals surface area contributed by atoms with Crippen LogP contribution < -0.4 is 0 Å². The van der Waals surface area contributed by atoms with Gasteiger partial charge in [-0.1, -0.05) is 52.0 Å². The Bertz CT molecular complexity index is 675. The Morgan fingerprint density at radius 2 is 1.64 bits per heavy atom. The van der Waals surface area contributed by atoms with Crippen LogP contribution in [0.4, 0.5) is 0 Å². The molecule has 0 aromatic heterocycles. The van der Waals surface area contributed by atoms with Gasteiger partial charge in [-0.3, -0.25) is 4.79 Å². The van der Waals surface area contributed by atoms with Gasteiger partial charge in [0.05, 0.1) is 12.2 Å². The monoisotopic (exact) mass is 406 g/mol. The van der Waals surface area contributed by atoms with Crippen molar-refractivity contribution in [2.45, 2.75) is 83.5 Å². The van der Waals surface area contributed by atoms with E-state index in [9.17, 15) is 4.79 Å². The minimum Gasteiger partial charge on any atom is -0.456 e. The second kappa shape index (κ2) is 7.90. The lowest BCUT2D eigenvalue weighted by Gasteiger charge is -2.43. The normalized spacial score (nSPS) is 37.8. The standard InChI is InChI=1S/C22H34O5Si/c1-14-16-10-8-9-11-17(25-16)20(14)21-18(24-15(2)23)12-13-19(26-21)27-28(6,7)22(3,4)5/h8-14,16-21H,1-7H3/t14-,16-,17+,18+,19+,20-,21-/m1/s1. The predicted molar refractivity (Wildman–Crippen MR) is 111 cm³/mol. The lowest BCUT2D eigenvalue weighted by molar-refractivity contribution is -0.181. The van der Waals surface area contributed by atoms with E-state index < -0.39 is 20.7 Å². The summed E-state index contributed by atoms with van der Waals surface area (Å²) < 4.78 is 24.7. The van der Waals surface area contributed by atoms with Crippen molar-refractivity contribution in [2.75, 3.05) is 0 Å². The number of carbonyl (C=O) groups is 1. The van der Waals surface area contributed by atoms with E-state index in [0.717, 1.165) is 0 Å². The molecule has 156 valence electrons. The minimum atomic E-state index is -2.01. The predicted octanol–water partition coefficient (Wildman–Crippen LogP) is 4.37. The highest BCUT2D eigenvalue weighted by atomic mass is 28.4. The first-order valence-electron chi connectivity index (χ1n) is 10.2. The van der Waals surface area contributed by atoms with E-state index in [1.165, 1.54) is 6.92 Å². The molecule has 5 nitrogen and oxygen atoms in total. The van der Waals surface area contributed by atoms with Gasteiger partial charge >= 0.3 is 5.97 Å². The molecule has 0 radical (unpaired) electrons. The highest BCUT2D eigenvalue weighted by Gasteiger charge is 2.50. The summed E-state index contributed by atoms with van der Waals surface area (Å²) in [6, 6.07) is 0. The molecule has 3 aliphatic rings. The Balaban J connectivity index is 1.84. The summed E-state index contributed by atoms with van der Waals surface area (Å²) in [7, 11) is -2.01. The van der Waals surface area contributed by atoms with Crippen molar-refractivity contribution in [1.29, 1.82) is 0 Å². The van der Waals surface area contributed by atoms with Gasteiger partial charge in [-0.25, -0.2) is 0 Å². The molecule has 0 amide bonds. The van der Waals surface area contributed by atoms with E-state index in [-0.39, 0.29) is 41.2 Å². The lowest BCUT2D eigenvalue weighted by atomic mass is 9.80. The maximum Gasteiger partial charge on any atom is 0.303 e. The fourth-order valence-corrected chi connectivity index (χ4v) is 4.94. The van der Waals surface area contributed by atoms with E-state index in [2.05, 4.69) is 52.9 Å². The molecular formula is C22H34O5Si. The first kappa shape index (κ1) is 21.5. The zero-order valence-corrected chi connectivity index (χ0v) is 19.0. The van der Waals surface area contributed by atoms with Gasteiger partial charge in [0.15, 0.2) is 14.6 Å². The molecule has 1 fully saturated rings. The van der Waals surface area contributed by atoms with Crippen molar-refractivity contribution in [2.24, 2.45) is 11.8 Å². The Morgan fingerprint density at radius 1 is 1.00 bits per heavy atom. The highest BCUT2D eigenvalue weighted by molar-refractivity contribution is 6.74. The van der Waals surface area contributed by atoms with Gasteiger partial charge in [-0.15, -0.1) is 0 Å². The second-order valence-corrected chi connectivity index (χ2v) is 14.3. The molecule has 3 aliphatic heterocycles. The Labute approximate surface area is 169 Å². The van der Waals surface area contributed by atoms with Gasteiger partial charge in [-0.05, 0) is 36.2 Å². The molecule has 3 heterocycles. The number of rotatable bonds is 4. The summed E-state index contributed by atoms with van der Waals surface area (Å²) >= 11 is 0. The van der Waals surface area contributed by atoms with E-state index in [1.807, 2.05) is 24.3 Å². The van der Waals surface area contributed by atoms with Crippen LogP contribution in [0.15, 0.2) is 36.5 Å². The zero-order chi connectivity index (χ0) is 20.7. The van der Waals surface area contributed by atoms with Crippen LogP contribution >= 0.6 is 0 Å². The Hall–Kier alpha value is -1.21. The molecule has 3 rings (SSSR count). The Kier molecular flexibility index (Phi) is 6.06. The maximum absolute atomic E-state index is 11.7. The Morgan fingerprint density at radius 3 is 2.25 bits per heavy atom. The van der Waals surface area contributed by atoms with Crippen LogP contribution in [-0.2, 0) is 23.4 Å². The zero-order valence-electron chi connectivity index (χ0n) is 18.0. The fraction of sp³-hybridized carbons (Fsp3) is 0.682. The second-order valence-electron chi connectivity index (χ2n) is 9.58. The maximum atomic E-state index is 11.7. The molecule has 0 spiro atoms. The summed E-state index contributed by atoms with van der Waals surface area (Å²) in [5.74, 6) is 0.00881. The van der Waals surface area contributed by atoms with Gasteiger partial charge in [0.1, 0.15) is 12.2 Å². The third-order valence-electron chi connectivity index (χ3n) is 6.50. The molecule has 2 bridgehead atoms. The number of allylic oxidation sites excluding steroid dienone is 2. The van der Waals surface area contributed by atoms with Crippen molar-refractivity contribution in [3.8, 4) is 0 Å². The molecule has 1 saturated heterocycles. The largest absolute Gasteiger partial charge is 0.456 e. The number of hydrogen-bond acceptors (Lipinski definition) is 5. The summed E-state index contributed by atoms with van der Waals surface area (Å²) in [5.41, 5.74) is 0. The molecule has 6 heteroatoms. The first-order valence-corrected chi connectivity index (χ1v) is 13.1. The van der Waals surface area contributed by atoms with Gasteiger partial charge in [0, 0.05) is 12.8 Å². The van der Waals surface area contributed by atoms with Crippen molar-refractivity contribution in [1.82, 2.24) is 0 Å². The van der Waals surface area contributed by atoms with Crippen LogP contribution in [0.25, 0.3) is 0 Å². The number of fused-ring (bicyclic) bond motifs is 2. The van der Waals surface area contributed by atoms with Crippen molar-refractivity contribution in [3.05, 3.63) is 36.5 Å². The SMILES string of the molecule is CC(=O)O[C@H]1C=C[C@H](O[Si](C)(C)C(C)(C)C)O[C@H]1[C@@H]1[C@H](C)[C@H]2C=CC=C[C@@H]1O2. The van der Waals surface area contributed by atoms with E-state index >= 15 is 0 Å². The van der Waals surface area contributed by atoms with Crippen LogP contribution in [0.1, 0.15) is 34.6 Å². The van der Waals surface area contributed by atoms with Gasteiger partial charge in [0.2, 0.25) is 0 Å². The number of esters is 1. The number of carbonyl (C=O) groups excluding carboxylic acids is 1. The van der Waals surface area contributed by atoms with Gasteiger partial charge in [0.25, 0.3) is 0 Å². The van der Waals surface area contributed by atoms with Crippen LogP contribution in [0.3, 0.4) is 0 Å². The fourth-order valence-electron chi connectivity index (χ4n) is 3.87. The van der Waals surface area contributed by atoms with Crippen molar-refractivity contribution < 1.29 is 23.4 Å². The first-order chi connectivity index (χ1) is 13.0. The summed E-state index contributed by atoms with van der Waals surface area (Å²) in [4.78, 5) is 11.7. The average molecular weight is 407 g/mol. The molecule has 0 N–H and O–H groups in total. The average Bonchev–Trinajstić information content (AvgIpc) is 2.73. The summed E-state index contributed by atoms with van der Waals surface area (Å²) in [6.45, 7) is 14.7. The number of hydrogen-bond donors (Lipinski definition) is 0. The van der Waals surface area contributed by atoms with Gasteiger partial charge < -0.3 is 18.6 Å². The summed E-state index contributed by atoms with van der Waals surface area (Å²) in [6.07, 6.45) is 10.8. The molecule has 0 saturated carbocycles. The molecule has 0 aliphatic carbocycles. The summed E-state index contributed by atoms with van der Waals surface area (Å²) in [5, 5.41) is 0.0815.